The standard InChI is InChI=1S/C25H16O/c1-3-9-17(10-4-1)25(18-11-5-2-6-12-18)19-13-7-15-21-23(19)24-20(25)14-8-16-22(24)26-21/h1-16H. The van der Waals surface area contributed by atoms with Crippen molar-refractivity contribution in [3.63, 3.8) is 0 Å². The third-order valence-corrected chi connectivity index (χ3v) is 5.74. The molecule has 0 unspecified atom stereocenters. The molecule has 0 atom stereocenters. The van der Waals surface area contributed by atoms with Gasteiger partial charge in [0.1, 0.15) is 11.2 Å². The van der Waals surface area contributed by atoms with Crippen LogP contribution in [0.5, 0.6) is 0 Å². The van der Waals surface area contributed by atoms with Crippen LogP contribution < -0.4 is 0 Å². The quantitative estimate of drug-likeness (QED) is 0.363. The largest absolute Gasteiger partial charge is 0.456 e. The number of benzene rings is 4. The minimum absolute atomic E-state index is 0.303. The average molecular weight is 332 g/mol. The molecule has 0 fully saturated rings. The lowest BCUT2D eigenvalue weighted by Crippen LogP contribution is -2.28. The molecule has 1 nitrogen and oxygen atoms in total. The van der Waals surface area contributed by atoms with E-state index in [4.69, 9.17) is 4.42 Å². The van der Waals surface area contributed by atoms with Crippen molar-refractivity contribution in [3.8, 4) is 0 Å². The third-order valence-electron chi connectivity index (χ3n) is 5.74. The van der Waals surface area contributed by atoms with E-state index in [-0.39, 0.29) is 5.41 Å². The first-order valence-corrected chi connectivity index (χ1v) is 8.97. The van der Waals surface area contributed by atoms with Crippen LogP contribution >= 0.6 is 0 Å². The van der Waals surface area contributed by atoms with Gasteiger partial charge in [-0.1, -0.05) is 84.9 Å². The van der Waals surface area contributed by atoms with Crippen LogP contribution in [0.1, 0.15) is 22.3 Å². The Morgan fingerprint density at radius 2 is 0.923 bits per heavy atom. The highest BCUT2D eigenvalue weighted by Gasteiger charge is 2.45. The molecule has 1 aromatic heterocycles. The van der Waals surface area contributed by atoms with Crippen molar-refractivity contribution in [1.29, 1.82) is 0 Å². The highest BCUT2D eigenvalue weighted by molar-refractivity contribution is 6.14. The Balaban J connectivity index is 1.88. The Kier molecular flexibility index (Phi) is 2.60. The summed E-state index contributed by atoms with van der Waals surface area (Å²) < 4.78 is 6.14. The van der Waals surface area contributed by atoms with Gasteiger partial charge in [-0.25, -0.2) is 0 Å². The van der Waals surface area contributed by atoms with Crippen molar-refractivity contribution in [2.24, 2.45) is 0 Å². The number of furan rings is 1. The molecule has 0 saturated heterocycles. The molecule has 5 aromatic rings. The van der Waals surface area contributed by atoms with Gasteiger partial charge >= 0.3 is 0 Å². The van der Waals surface area contributed by atoms with Crippen LogP contribution in [-0.4, -0.2) is 0 Å². The van der Waals surface area contributed by atoms with Gasteiger partial charge in [0.25, 0.3) is 0 Å². The van der Waals surface area contributed by atoms with Gasteiger partial charge < -0.3 is 4.42 Å². The highest BCUT2D eigenvalue weighted by atomic mass is 16.3. The minimum Gasteiger partial charge on any atom is -0.456 e. The topological polar surface area (TPSA) is 13.1 Å². The number of rotatable bonds is 2. The summed E-state index contributed by atoms with van der Waals surface area (Å²) in [5.74, 6) is 0. The summed E-state index contributed by atoms with van der Waals surface area (Å²) >= 11 is 0. The molecule has 0 aliphatic heterocycles. The Labute approximate surface area is 151 Å². The van der Waals surface area contributed by atoms with Gasteiger partial charge in [0.15, 0.2) is 0 Å². The van der Waals surface area contributed by atoms with Crippen LogP contribution in [0.25, 0.3) is 21.9 Å². The molecule has 0 amide bonds. The lowest BCUT2D eigenvalue weighted by Gasteiger charge is -2.34. The molecule has 1 heteroatoms. The molecular formula is C25H16O. The Hall–Kier alpha value is -3.32. The van der Waals surface area contributed by atoms with Crippen LogP contribution in [0.2, 0.25) is 0 Å². The summed E-state index contributed by atoms with van der Waals surface area (Å²) in [6, 6.07) is 34.6. The molecule has 122 valence electrons. The zero-order valence-corrected chi connectivity index (χ0v) is 14.1. The maximum Gasteiger partial charge on any atom is 0.135 e. The van der Waals surface area contributed by atoms with Crippen LogP contribution in [0.3, 0.4) is 0 Å². The molecule has 6 rings (SSSR count). The van der Waals surface area contributed by atoms with Gasteiger partial charge in [-0.3, -0.25) is 0 Å². The zero-order chi connectivity index (χ0) is 17.1. The first kappa shape index (κ1) is 13.9. The fraction of sp³-hybridized carbons (Fsp3) is 0.0400. The molecular weight excluding hydrogens is 316 g/mol. The molecule has 0 radical (unpaired) electrons. The molecule has 0 spiro atoms. The Bertz CT molecular complexity index is 1160. The van der Waals surface area contributed by atoms with Gasteiger partial charge in [0.05, 0.1) is 5.41 Å². The SMILES string of the molecule is c1ccc(C2(c3ccccc3)c3cccc4oc5cccc2c5c34)cc1. The van der Waals surface area contributed by atoms with Crippen molar-refractivity contribution < 1.29 is 4.42 Å². The summed E-state index contributed by atoms with van der Waals surface area (Å²) in [7, 11) is 0. The van der Waals surface area contributed by atoms with Crippen molar-refractivity contribution in [3.05, 3.63) is 119 Å². The van der Waals surface area contributed by atoms with Crippen LogP contribution in [0.15, 0.2) is 101 Å². The highest BCUT2D eigenvalue weighted by Crippen LogP contribution is 2.56. The lowest BCUT2D eigenvalue weighted by atomic mass is 9.67. The van der Waals surface area contributed by atoms with Crippen LogP contribution in [0, 0.1) is 0 Å². The first-order chi connectivity index (χ1) is 12.9. The van der Waals surface area contributed by atoms with Crippen molar-refractivity contribution in [2.75, 3.05) is 0 Å². The monoisotopic (exact) mass is 332 g/mol. The molecule has 0 bridgehead atoms. The lowest BCUT2D eigenvalue weighted by molar-refractivity contribution is 0.663. The van der Waals surface area contributed by atoms with E-state index >= 15 is 0 Å². The van der Waals surface area contributed by atoms with Gasteiger partial charge in [-0.05, 0) is 34.4 Å². The Morgan fingerprint density at radius 1 is 0.462 bits per heavy atom. The molecule has 0 N–H and O–H groups in total. The minimum atomic E-state index is -0.303. The maximum absolute atomic E-state index is 6.14. The first-order valence-electron chi connectivity index (χ1n) is 8.97. The summed E-state index contributed by atoms with van der Waals surface area (Å²) in [5.41, 5.74) is 6.85. The fourth-order valence-corrected chi connectivity index (χ4v) is 4.80. The molecule has 1 aliphatic carbocycles. The van der Waals surface area contributed by atoms with E-state index in [0.717, 1.165) is 11.2 Å². The van der Waals surface area contributed by atoms with Crippen LogP contribution in [-0.2, 0) is 5.41 Å². The van der Waals surface area contributed by atoms with E-state index in [1.54, 1.807) is 0 Å². The molecule has 1 heterocycles. The summed E-state index contributed by atoms with van der Waals surface area (Å²) in [5, 5.41) is 2.51. The van der Waals surface area contributed by atoms with Crippen molar-refractivity contribution in [2.45, 2.75) is 5.41 Å². The van der Waals surface area contributed by atoms with Gasteiger partial charge in [0, 0.05) is 10.8 Å². The van der Waals surface area contributed by atoms with Crippen LogP contribution in [0.4, 0.5) is 0 Å². The van der Waals surface area contributed by atoms with Gasteiger partial charge in [-0.15, -0.1) is 0 Å². The molecule has 4 aromatic carbocycles. The molecule has 26 heavy (non-hydrogen) atoms. The second-order valence-corrected chi connectivity index (χ2v) is 6.94. The predicted molar refractivity (Wildman–Crippen MR) is 106 cm³/mol. The Morgan fingerprint density at radius 3 is 1.38 bits per heavy atom. The van der Waals surface area contributed by atoms with E-state index in [9.17, 15) is 0 Å². The zero-order valence-electron chi connectivity index (χ0n) is 14.1. The fourth-order valence-electron chi connectivity index (χ4n) is 4.80. The smallest absolute Gasteiger partial charge is 0.135 e. The molecule has 0 saturated carbocycles. The summed E-state index contributed by atoms with van der Waals surface area (Å²) in [6.45, 7) is 0. The third kappa shape index (κ3) is 1.52. The second kappa shape index (κ2) is 4.86. The average Bonchev–Trinajstić information content (AvgIpc) is 3.24. The van der Waals surface area contributed by atoms with Gasteiger partial charge in [0.2, 0.25) is 0 Å². The molecule has 1 aliphatic rings. The van der Waals surface area contributed by atoms with Crippen molar-refractivity contribution >= 4 is 21.9 Å². The second-order valence-electron chi connectivity index (χ2n) is 6.94. The predicted octanol–water partition coefficient (Wildman–Crippen LogP) is 6.28. The van der Waals surface area contributed by atoms with Gasteiger partial charge in [-0.2, -0.15) is 0 Å². The van der Waals surface area contributed by atoms with E-state index < -0.39 is 0 Å². The number of hydrogen-bond acceptors (Lipinski definition) is 1. The van der Waals surface area contributed by atoms with E-state index in [1.165, 1.54) is 33.0 Å². The normalized spacial score (nSPS) is 14.5. The summed E-state index contributed by atoms with van der Waals surface area (Å²) in [6.07, 6.45) is 0. The van der Waals surface area contributed by atoms with Crippen molar-refractivity contribution in [1.82, 2.24) is 0 Å². The number of hydrogen-bond donors (Lipinski definition) is 0. The van der Waals surface area contributed by atoms with E-state index in [1.807, 2.05) is 0 Å². The van der Waals surface area contributed by atoms with E-state index in [2.05, 4.69) is 97.1 Å². The van der Waals surface area contributed by atoms with E-state index in [0.29, 0.717) is 0 Å². The maximum atomic E-state index is 6.14. The summed E-state index contributed by atoms with van der Waals surface area (Å²) in [4.78, 5) is 0.